The summed E-state index contributed by atoms with van der Waals surface area (Å²) in [6.07, 6.45) is -0.0198. The number of esters is 4. The average molecular weight is 521 g/mol. The second kappa shape index (κ2) is 10.6. The zero-order chi connectivity index (χ0) is 27.9. The molecular formula is C28H40O9. The van der Waals surface area contributed by atoms with E-state index >= 15 is 0 Å². The van der Waals surface area contributed by atoms with Crippen molar-refractivity contribution in [3.05, 3.63) is 22.8 Å². The lowest BCUT2D eigenvalue weighted by Gasteiger charge is -2.58. The van der Waals surface area contributed by atoms with Crippen LogP contribution in [-0.2, 0) is 38.1 Å². The van der Waals surface area contributed by atoms with Gasteiger partial charge < -0.3 is 24.1 Å². The number of carbonyl (C=O) groups excluding carboxylic acids is 4. The second-order valence-electron chi connectivity index (χ2n) is 11.3. The summed E-state index contributed by atoms with van der Waals surface area (Å²) in [5.41, 5.74) is 0.672. The van der Waals surface area contributed by atoms with Crippen molar-refractivity contribution in [1.82, 2.24) is 0 Å². The first-order valence-electron chi connectivity index (χ1n) is 12.8. The predicted molar refractivity (Wildman–Crippen MR) is 133 cm³/mol. The Morgan fingerprint density at radius 2 is 1.46 bits per heavy atom. The van der Waals surface area contributed by atoms with E-state index in [1.165, 1.54) is 27.7 Å². The fourth-order valence-electron chi connectivity index (χ4n) is 6.99. The van der Waals surface area contributed by atoms with Crippen molar-refractivity contribution in [3.63, 3.8) is 0 Å². The van der Waals surface area contributed by atoms with Crippen LogP contribution in [0.4, 0.5) is 0 Å². The lowest BCUT2D eigenvalue weighted by Crippen LogP contribution is -2.62. The van der Waals surface area contributed by atoms with Gasteiger partial charge in [0, 0.05) is 34.1 Å². The van der Waals surface area contributed by atoms with Gasteiger partial charge in [0.05, 0.1) is 12.0 Å². The summed E-state index contributed by atoms with van der Waals surface area (Å²) >= 11 is 0. The molecule has 3 aliphatic rings. The van der Waals surface area contributed by atoms with Crippen LogP contribution >= 0.6 is 0 Å². The molecule has 0 aromatic heterocycles. The molecule has 1 saturated carbocycles. The molecule has 0 aromatic carbocycles. The highest BCUT2D eigenvalue weighted by Crippen LogP contribution is 2.60. The Hall–Kier alpha value is -2.68. The quantitative estimate of drug-likeness (QED) is 0.330. The predicted octanol–water partition coefficient (Wildman–Crippen LogP) is 3.42. The maximum Gasteiger partial charge on any atom is 0.303 e. The van der Waals surface area contributed by atoms with E-state index in [4.69, 9.17) is 18.9 Å². The number of aliphatic hydroxyl groups excluding tert-OH is 1. The van der Waals surface area contributed by atoms with Crippen molar-refractivity contribution in [2.24, 2.45) is 22.7 Å². The Balaban J connectivity index is 2.38. The zero-order valence-electron chi connectivity index (χ0n) is 23.1. The third kappa shape index (κ3) is 5.33. The fraction of sp³-hybridized carbons (Fsp3) is 0.714. The van der Waals surface area contributed by atoms with Gasteiger partial charge in [0.2, 0.25) is 0 Å². The van der Waals surface area contributed by atoms with Crippen LogP contribution in [-0.4, -0.2) is 60.0 Å². The Morgan fingerprint density at radius 3 is 1.97 bits per heavy atom. The standard InChI is InChI=1S/C28H40O9/c1-14-22(34-15(2)30)12-20-11-21-19(13-29)9-10-23(35-16(3)31)28(21,8)26(37-18(5)33)25(36-17(4)32)24(14)27(20,6)7/h9,20-23,25-26,29H,10-13H2,1-8H3/t20-,21-,22+,23+,25-,26+,28+/m1/s1. The number of hydrogen-bond acceptors (Lipinski definition) is 9. The van der Waals surface area contributed by atoms with E-state index in [9.17, 15) is 24.3 Å². The maximum absolute atomic E-state index is 12.5. The van der Waals surface area contributed by atoms with Gasteiger partial charge in [-0.05, 0) is 53.7 Å². The molecule has 0 heterocycles. The maximum atomic E-state index is 12.5. The molecule has 7 atom stereocenters. The zero-order valence-corrected chi connectivity index (χ0v) is 23.1. The highest BCUT2D eigenvalue weighted by Gasteiger charge is 2.62. The summed E-state index contributed by atoms with van der Waals surface area (Å²) in [4.78, 5) is 49.2. The molecule has 0 aromatic rings. The van der Waals surface area contributed by atoms with E-state index in [0.29, 0.717) is 19.3 Å². The first kappa shape index (κ1) is 28.9. The van der Waals surface area contributed by atoms with Crippen molar-refractivity contribution >= 4 is 23.9 Å². The molecule has 3 aliphatic carbocycles. The number of ether oxygens (including phenoxy) is 4. The van der Waals surface area contributed by atoms with Gasteiger partial charge in [-0.1, -0.05) is 26.8 Å². The fourth-order valence-corrected chi connectivity index (χ4v) is 6.99. The van der Waals surface area contributed by atoms with Crippen LogP contribution in [0.15, 0.2) is 22.8 Å². The number of hydrogen-bond donors (Lipinski definition) is 1. The van der Waals surface area contributed by atoms with Gasteiger partial charge in [-0.2, -0.15) is 0 Å². The summed E-state index contributed by atoms with van der Waals surface area (Å²) in [5, 5.41) is 10.4. The number of carbonyl (C=O) groups is 4. The highest BCUT2D eigenvalue weighted by molar-refractivity contribution is 5.69. The van der Waals surface area contributed by atoms with Gasteiger partial charge in [0.1, 0.15) is 12.2 Å². The Bertz CT molecular complexity index is 1020. The van der Waals surface area contributed by atoms with Crippen LogP contribution in [0.25, 0.3) is 0 Å². The van der Waals surface area contributed by atoms with Gasteiger partial charge in [0.15, 0.2) is 12.2 Å². The monoisotopic (exact) mass is 520 g/mol. The molecule has 9 heteroatoms. The summed E-state index contributed by atoms with van der Waals surface area (Å²) in [5.74, 6) is -2.48. The van der Waals surface area contributed by atoms with Crippen molar-refractivity contribution in [2.75, 3.05) is 6.61 Å². The topological polar surface area (TPSA) is 125 Å². The molecule has 9 nitrogen and oxygen atoms in total. The van der Waals surface area contributed by atoms with Crippen LogP contribution in [0.1, 0.15) is 74.7 Å². The van der Waals surface area contributed by atoms with Crippen molar-refractivity contribution < 1.29 is 43.2 Å². The largest absolute Gasteiger partial charge is 0.461 e. The highest BCUT2D eigenvalue weighted by atomic mass is 16.6. The molecule has 2 bridgehead atoms. The lowest BCUT2D eigenvalue weighted by atomic mass is 9.50. The Kier molecular flexibility index (Phi) is 8.27. The van der Waals surface area contributed by atoms with Crippen LogP contribution in [0.5, 0.6) is 0 Å². The van der Waals surface area contributed by atoms with Gasteiger partial charge >= 0.3 is 23.9 Å². The van der Waals surface area contributed by atoms with Crippen LogP contribution in [0, 0.1) is 22.7 Å². The average Bonchev–Trinajstić information content (AvgIpc) is 2.75. The van der Waals surface area contributed by atoms with Crippen molar-refractivity contribution in [1.29, 1.82) is 0 Å². The lowest BCUT2D eigenvalue weighted by molar-refractivity contribution is -0.203. The molecular weight excluding hydrogens is 480 g/mol. The summed E-state index contributed by atoms with van der Waals surface area (Å²) in [6, 6.07) is 0. The molecule has 206 valence electrons. The number of aliphatic hydroxyl groups is 1. The van der Waals surface area contributed by atoms with Gasteiger partial charge in [0.25, 0.3) is 0 Å². The van der Waals surface area contributed by atoms with Crippen LogP contribution < -0.4 is 0 Å². The second-order valence-corrected chi connectivity index (χ2v) is 11.3. The van der Waals surface area contributed by atoms with E-state index < -0.39 is 59.1 Å². The van der Waals surface area contributed by atoms with Gasteiger partial charge in [-0.15, -0.1) is 0 Å². The molecule has 0 spiro atoms. The van der Waals surface area contributed by atoms with Crippen LogP contribution in [0.3, 0.4) is 0 Å². The van der Waals surface area contributed by atoms with E-state index in [1.807, 2.05) is 19.9 Å². The minimum Gasteiger partial charge on any atom is -0.461 e. The summed E-state index contributed by atoms with van der Waals surface area (Å²) < 4.78 is 23.5. The molecule has 0 aliphatic heterocycles. The van der Waals surface area contributed by atoms with E-state index in [2.05, 4.69) is 13.8 Å². The Labute approximate surface area is 218 Å². The number of rotatable bonds is 5. The summed E-state index contributed by atoms with van der Waals surface area (Å²) in [7, 11) is 0. The first-order valence-corrected chi connectivity index (χ1v) is 12.8. The van der Waals surface area contributed by atoms with Gasteiger partial charge in [-0.25, -0.2) is 0 Å². The molecule has 0 amide bonds. The molecule has 37 heavy (non-hydrogen) atoms. The summed E-state index contributed by atoms with van der Waals surface area (Å²) in [6.45, 7) is 12.9. The smallest absolute Gasteiger partial charge is 0.303 e. The molecule has 0 unspecified atom stereocenters. The minimum absolute atomic E-state index is 0.0535. The SMILES string of the molecule is CC(=O)O[C@H]1C[C@H]2C[C@@H]3C(CO)=CC[C@H](OC(C)=O)[C@@]3(C)[C@@H](OC(C)=O)[C@H](OC(C)=O)C(=C1C)C2(C)C. The third-order valence-electron chi connectivity index (χ3n) is 8.69. The normalized spacial score (nSPS) is 34.7. The van der Waals surface area contributed by atoms with E-state index in [0.717, 1.165) is 16.7 Å². The molecule has 3 rings (SSSR count). The Morgan fingerprint density at radius 1 is 0.892 bits per heavy atom. The van der Waals surface area contributed by atoms with Gasteiger partial charge in [-0.3, -0.25) is 19.2 Å². The number of fused-ring (bicyclic) bond motifs is 3. The molecule has 1 N–H and O–H groups in total. The van der Waals surface area contributed by atoms with Crippen molar-refractivity contribution in [3.8, 4) is 0 Å². The minimum atomic E-state index is -1.04. The van der Waals surface area contributed by atoms with Crippen molar-refractivity contribution in [2.45, 2.75) is 99.1 Å². The molecule has 0 radical (unpaired) electrons. The third-order valence-corrected chi connectivity index (χ3v) is 8.69. The van der Waals surface area contributed by atoms with E-state index in [-0.39, 0.29) is 18.4 Å². The first-order chi connectivity index (χ1) is 17.1. The molecule has 1 fully saturated rings. The van der Waals surface area contributed by atoms with Crippen LogP contribution in [0.2, 0.25) is 0 Å². The van der Waals surface area contributed by atoms with E-state index in [1.54, 1.807) is 0 Å². The molecule has 0 saturated heterocycles.